The van der Waals surface area contributed by atoms with Gasteiger partial charge in [0.25, 0.3) is 0 Å². The van der Waals surface area contributed by atoms with Crippen molar-refractivity contribution in [1.82, 2.24) is 4.98 Å². The highest BCUT2D eigenvalue weighted by Crippen LogP contribution is 2.18. The van der Waals surface area contributed by atoms with Crippen LogP contribution >= 0.6 is 0 Å². The maximum absolute atomic E-state index is 4.03. The number of hydrogen-bond acceptors (Lipinski definition) is 3. The Morgan fingerprint density at radius 3 is 2.67 bits per heavy atom. The molecule has 0 saturated heterocycles. The van der Waals surface area contributed by atoms with Gasteiger partial charge in [0.05, 0.1) is 0 Å². The molecule has 0 radical (unpaired) electrons. The molecule has 0 amide bonds. The van der Waals surface area contributed by atoms with Gasteiger partial charge in [-0.1, -0.05) is 6.07 Å². The Bertz CT molecular complexity index is 482. The Labute approximate surface area is 108 Å². The second kappa shape index (κ2) is 6.05. The van der Waals surface area contributed by atoms with Crippen molar-refractivity contribution in [2.24, 2.45) is 0 Å². The Kier molecular flexibility index (Phi) is 4.18. The molecule has 1 heterocycles. The SMILES string of the molecule is CNc1cccc(N(C)CCc2ccncc2)c1. The van der Waals surface area contributed by atoms with Crippen LogP contribution in [0.25, 0.3) is 0 Å². The highest BCUT2D eigenvalue weighted by molar-refractivity contribution is 5.57. The van der Waals surface area contributed by atoms with Crippen LogP contribution in [0, 0.1) is 0 Å². The van der Waals surface area contributed by atoms with Crippen LogP contribution in [0.5, 0.6) is 0 Å². The lowest BCUT2D eigenvalue weighted by Crippen LogP contribution is -2.20. The summed E-state index contributed by atoms with van der Waals surface area (Å²) in [7, 11) is 4.06. The zero-order valence-corrected chi connectivity index (χ0v) is 10.9. The Morgan fingerprint density at radius 1 is 1.17 bits per heavy atom. The number of aromatic nitrogens is 1. The van der Waals surface area contributed by atoms with Crippen LogP contribution in [-0.2, 0) is 6.42 Å². The Hall–Kier alpha value is -2.03. The first-order valence-corrected chi connectivity index (χ1v) is 6.17. The normalized spacial score (nSPS) is 10.1. The first-order chi connectivity index (χ1) is 8.79. The van der Waals surface area contributed by atoms with Crippen molar-refractivity contribution in [3.8, 4) is 0 Å². The molecule has 0 bridgehead atoms. The zero-order valence-electron chi connectivity index (χ0n) is 10.9. The minimum Gasteiger partial charge on any atom is -0.388 e. The van der Waals surface area contributed by atoms with Gasteiger partial charge >= 0.3 is 0 Å². The van der Waals surface area contributed by atoms with Crippen molar-refractivity contribution >= 4 is 11.4 Å². The van der Waals surface area contributed by atoms with E-state index < -0.39 is 0 Å². The second-order valence-corrected chi connectivity index (χ2v) is 4.33. The van der Waals surface area contributed by atoms with E-state index in [0.717, 1.165) is 18.7 Å². The summed E-state index contributed by atoms with van der Waals surface area (Å²) in [6.45, 7) is 0.997. The van der Waals surface area contributed by atoms with Gasteiger partial charge in [-0.25, -0.2) is 0 Å². The molecule has 3 nitrogen and oxygen atoms in total. The predicted molar refractivity (Wildman–Crippen MR) is 77.2 cm³/mol. The van der Waals surface area contributed by atoms with Gasteiger partial charge in [0.2, 0.25) is 0 Å². The topological polar surface area (TPSA) is 28.2 Å². The van der Waals surface area contributed by atoms with E-state index in [-0.39, 0.29) is 0 Å². The smallest absolute Gasteiger partial charge is 0.0384 e. The minimum absolute atomic E-state index is 0.997. The zero-order chi connectivity index (χ0) is 12.8. The molecule has 18 heavy (non-hydrogen) atoms. The summed E-state index contributed by atoms with van der Waals surface area (Å²) >= 11 is 0. The van der Waals surface area contributed by atoms with Gasteiger partial charge in [-0.05, 0) is 42.3 Å². The predicted octanol–water partition coefficient (Wildman–Crippen LogP) is 2.80. The number of pyridine rings is 1. The van der Waals surface area contributed by atoms with Gasteiger partial charge in [-0.2, -0.15) is 0 Å². The number of rotatable bonds is 5. The Morgan fingerprint density at radius 2 is 1.94 bits per heavy atom. The molecule has 2 rings (SSSR count). The molecule has 0 aliphatic rings. The van der Waals surface area contributed by atoms with E-state index in [1.165, 1.54) is 11.3 Å². The highest BCUT2D eigenvalue weighted by Gasteiger charge is 2.02. The molecule has 2 aromatic rings. The lowest BCUT2D eigenvalue weighted by molar-refractivity contribution is 0.875. The second-order valence-electron chi connectivity index (χ2n) is 4.33. The van der Waals surface area contributed by atoms with Crippen LogP contribution in [0.2, 0.25) is 0 Å². The summed E-state index contributed by atoms with van der Waals surface area (Å²) in [5.74, 6) is 0. The molecule has 3 heteroatoms. The van der Waals surface area contributed by atoms with E-state index in [1.54, 1.807) is 0 Å². The molecule has 1 aromatic heterocycles. The van der Waals surface area contributed by atoms with Crippen LogP contribution in [0.1, 0.15) is 5.56 Å². The average Bonchev–Trinajstić information content (AvgIpc) is 2.46. The van der Waals surface area contributed by atoms with Gasteiger partial charge in [0, 0.05) is 44.4 Å². The maximum Gasteiger partial charge on any atom is 0.0384 e. The van der Waals surface area contributed by atoms with Crippen molar-refractivity contribution in [1.29, 1.82) is 0 Å². The van der Waals surface area contributed by atoms with Crippen LogP contribution in [-0.4, -0.2) is 25.6 Å². The molecule has 0 atom stereocenters. The fraction of sp³-hybridized carbons (Fsp3) is 0.267. The van der Waals surface area contributed by atoms with Crippen LogP contribution in [0.3, 0.4) is 0 Å². The molecule has 0 saturated carbocycles. The number of likely N-dealkylation sites (N-methyl/N-ethyl adjacent to an activating group) is 1. The summed E-state index contributed by atoms with van der Waals surface area (Å²) in [5.41, 5.74) is 3.70. The van der Waals surface area contributed by atoms with Gasteiger partial charge in [0.1, 0.15) is 0 Å². The third-order valence-electron chi connectivity index (χ3n) is 3.06. The molecule has 0 unspecified atom stereocenters. The highest BCUT2D eigenvalue weighted by atomic mass is 15.1. The van der Waals surface area contributed by atoms with Crippen molar-refractivity contribution in [2.75, 3.05) is 30.9 Å². The summed E-state index contributed by atoms with van der Waals surface area (Å²) < 4.78 is 0. The monoisotopic (exact) mass is 241 g/mol. The van der Waals surface area contributed by atoms with Crippen molar-refractivity contribution in [2.45, 2.75) is 6.42 Å². The van der Waals surface area contributed by atoms with E-state index >= 15 is 0 Å². The quantitative estimate of drug-likeness (QED) is 0.872. The third kappa shape index (κ3) is 3.23. The third-order valence-corrected chi connectivity index (χ3v) is 3.06. The van der Waals surface area contributed by atoms with Crippen molar-refractivity contribution in [3.05, 3.63) is 54.4 Å². The first kappa shape index (κ1) is 12.4. The molecule has 94 valence electrons. The van der Waals surface area contributed by atoms with Crippen LogP contribution in [0.15, 0.2) is 48.8 Å². The molecule has 1 N–H and O–H groups in total. The van der Waals surface area contributed by atoms with Crippen molar-refractivity contribution in [3.63, 3.8) is 0 Å². The fourth-order valence-electron chi connectivity index (χ4n) is 1.87. The van der Waals surface area contributed by atoms with Gasteiger partial charge in [-0.15, -0.1) is 0 Å². The van der Waals surface area contributed by atoms with Crippen LogP contribution in [0.4, 0.5) is 11.4 Å². The number of nitrogens with one attached hydrogen (secondary N) is 1. The maximum atomic E-state index is 4.03. The molecule has 1 aromatic carbocycles. The molecular weight excluding hydrogens is 222 g/mol. The minimum atomic E-state index is 0.997. The summed E-state index contributed by atoms with van der Waals surface area (Å²) in [5, 5.41) is 3.16. The fourth-order valence-corrected chi connectivity index (χ4v) is 1.87. The first-order valence-electron chi connectivity index (χ1n) is 6.17. The van der Waals surface area contributed by atoms with E-state index in [9.17, 15) is 0 Å². The molecule has 0 fully saturated rings. The van der Waals surface area contributed by atoms with E-state index in [1.807, 2.05) is 19.4 Å². The van der Waals surface area contributed by atoms with Gasteiger partial charge in [0.15, 0.2) is 0 Å². The van der Waals surface area contributed by atoms with Crippen molar-refractivity contribution < 1.29 is 0 Å². The lowest BCUT2D eigenvalue weighted by Gasteiger charge is -2.20. The van der Waals surface area contributed by atoms with Gasteiger partial charge in [-0.3, -0.25) is 4.98 Å². The summed E-state index contributed by atoms with van der Waals surface area (Å²) in [6.07, 6.45) is 4.72. The molecule has 0 aliphatic carbocycles. The number of nitrogens with zero attached hydrogens (tertiary/aromatic N) is 2. The Balaban J connectivity index is 1.97. The number of benzene rings is 1. The van der Waals surface area contributed by atoms with E-state index in [2.05, 4.69) is 58.6 Å². The van der Waals surface area contributed by atoms with Gasteiger partial charge < -0.3 is 10.2 Å². The van der Waals surface area contributed by atoms with Crippen LogP contribution < -0.4 is 10.2 Å². The molecular formula is C15H19N3. The summed E-state index contributed by atoms with van der Waals surface area (Å²) in [4.78, 5) is 6.30. The average molecular weight is 241 g/mol. The standard InChI is InChI=1S/C15H19N3/c1-16-14-4-3-5-15(12-14)18(2)11-8-13-6-9-17-10-7-13/h3-7,9-10,12,16H,8,11H2,1-2H3. The molecule has 0 aliphatic heterocycles. The largest absolute Gasteiger partial charge is 0.388 e. The lowest BCUT2D eigenvalue weighted by atomic mass is 10.2. The number of hydrogen-bond donors (Lipinski definition) is 1. The summed E-state index contributed by atoms with van der Waals surface area (Å²) in [6, 6.07) is 12.6. The number of anilines is 2. The van der Waals surface area contributed by atoms with E-state index in [0.29, 0.717) is 0 Å². The van der Waals surface area contributed by atoms with E-state index in [4.69, 9.17) is 0 Å². The molecule has 0 spiro atoms.